The van der Waals surface area contributed by atoms with Gasteiger partial charge in [0.15, 0.2) is 0 Å². The third-order valence-corrected chi connectivity index (χ3v) is 5.16. The minimum absolute atomic E-state index is 0.156. The van der Waals surface area contributed by atoms with E-state index in [0.29, 0.717) is 18.8 Å². The van der Waals surface area contributed by atoms with Crippen molar-refractivity contribution in [3.05, 3.63) is 88.0 Å². The van der Waals surface area contributed by atoms with Gasteiger partial charge in [-0.1, -0.05) is 24.3 Å². The fourth-order valence-corrected chi connectivity index (χ4v) is 3.34. The Morgan fingerprint density at radius 1 is 0.867 bits per heavy atom. The molecule has 0 aromatic heterocycles. The van der Waals surface area contributed by atoms with Crippen LogP contribution in [0, 0.1) is 27.7 Å². The molecule has 0 spiro atoms. The van der Waals surface area contributed by atoms with E-state index in [4.69, 9.17) is 9.47 Å². The molecule has 1 amide bonds. The van der Waals surface area contributed by atoms with Gasteiger partial charge in [0, 0.05) is 16.8 Å². The molecule has 3 aromatic rings. The van der Waals surface area contributed by atoms with Gasteiger partial charge in [-0.25, -0.2) is 0 Å². The van der Waals surface area contributed by atoms with Crippen LogP contribution >= 0.6 is 0 Å². The fourth-order valence-electron chi connectivity index (χ4n) is 3.34. The maximum atomic E-state index is 12.8. The van der Waals surface area contributed by atoms with E-state index in [1.54, 1.807) is 6.07 Å². The van der Waals surface area contributed by atoms with E-state index in [-0.39, 0.29) is 5.91 Å². The number of rotatable bonds is 7. The van der Waals surface area contributed by atoms with Crippen molar-refractivity contribution in [1.29, 1.82) is 0 Å². The Morgan fingerprint density at radius 2 is 1.63 bits per heavy atom. The number of aryl methyl sites for hydroxylation is 3. The molecule has 3 aromatic carbocycles. The second kappa shape index (κ2) is 9.49. The zero-order valence-corrected chi connectivity index (χ0v) is 18.3. The molecular formula is C26H29NO3. The van der Waals surface area contributed by atoms with Crippen LogP contribution in [-0.4, -0.2) is 12.5 Å². The quantitative estimate of drug-likeness (QED) is 0.515. The van der Waals surface area contributed by atoms with Gasteiger partial charge in [-0.05, 0) is 87.2 Å². The number of carbonyl (C=O) groups excluding carboxylic acids is 1. The summed E-state index contributed by atoms with van der Waals surface area (Å²) in [7, 11) is 0. The maximum absolute atomic E-state index is 12.8. The Kier molecular flexibility index (Phi) is 6.78. The van der Waals surface area contributed by atoms with Gasteiger partial charge in [0.05, 0.1) is 6.61 Å². The van der Waals surface area contributed by atoms with Gasteiger partial charge in [-0.3, -0.25) is 4.79 Å². The first-order valence-electron chi connectivity index (χ1n) is 10.2. The first kappa shape index (κ1) is 21.4. The molecule has 4 heteroatoms. The van der Waals surface area contributed by atoms with E-state index < -0.39 is 0 Å². The summed E-state index contributed by atoms with van der Waals surface area (Å²) in [5, 5.41) is 2.98. The Balaban J connectivity index is 1.84. The third kappa shape index (κ3) is 5.01. The first-order valence-corrected chi connectivity index (χ1v) is 10.2. The van der Waals surface area contributed by atoms with Crippen LogP contribution in [0.3, 0.4) is 0 Å². The standard InChI is InChI=1S/C26H29NO3/c1-6-29-24-12-11-21(26(28)27-23-10-8-7-9-18(23)3)15-22(24)16-30-25-14-17(2)13-19(4)20(25)5/h7-15H,6,16H2,1-5H3,(H,27,28). The molecule has 156 valence electrons. The van der Waals surface area contributed by atoms with E-state index in [2.05, 4.69) is 32.2 Å². The topological polar surface area (TPSA) is 47.6 Å². The Morgan fingerprint density at radius 3 is 2.37 bits per heavy atom. The highest BCUT2D eigenvalue weighted by atomic mass is 16.5. The number of hydrogen-bond donors (Lipinski definition) is 1. The lowest BCUT2D eigenvalue weighted by Gasteiger charge is -2.16. The lowest BCUT2D eigenvalue weighted by Crippen LogP contribution is -2.14. The lowest BCUT2D eigenvalue weighted by atomic mass is 10.1. The van der Waals surface area contributed by atoms with Crippen molar-refractivity contribution in [3.63, 3.8) is 0 Å². The third-order valence-electron chi connectivity index (χ3n) is 5.16. The maximum Gasteiger partial charge on any atom is 0.255 e. The van der Waals surface area contributed by atoms with Crippen molar-refractivity contribution >= 4 is 11.6 Å². The summed E-state index contributed by atoms with van der Waals surface area (Å²) in [6, 6.07) is 17.4. The normalized spacial score (nSPS) is 10.6. The molecule has 4 nitrogen and oxygen atoms in total. The van der Waals surface area contributed by atoms with Gasteiger partial charge in [-0.2, -0.15) is 0 Å². The number of anilines is 1. The molecule has 0 saturated carbocycles. The molecule has 0 heterocycles. The molecular weight excluding hydrogens is 374 g/mol. The summed E-state index contributed by atoms with van der Waals surface area (Å²) in [4.78, 5) is 12.8. The van der Waals surface area contributed by atoms with Crippen molar-refractivity contribution in [1.82, 2.24) is 0 Å². The molecule has 0 aliphatic carbocycles. The minimum Gasteiger partial charge on any atom is -0.493 e. The summed E-state index contributed by atoms with van der Waals surface area (Å²) < 4.78 is 11.9. The smallest absolute Gasteiger partial charge is 0.255 e. The zero-order chi connectivity index (χ0) is 21.7. The van der Waals surface area contributed by atoms with Crippen LogP contribution in [0.5, 0.6) is 11.5 Å². The summed E-state index contributed by atoms with van der Waals surface area (Å²) in [5.41, 5.74) is 6.70. The fraction of sp³-hybridized carbons (Fsp3) is 0.269. The second-order valence-electron chi connectivity index (χ2n) is 7.52. The van der Waals surface area contributed by atoms with E-state index in [9.17, 15) is 4.79 Å². The van der Waals surface area contributed by atoms with Gasteiger partial charge in [0.1, 0.15) is 18.1 Å². The Bertz CT molecular complexity index is 1060. The van der Waals surface area contributed by atoms with Crippen molar-refractivity contribution in [2.45, 2.75) is 41.2 Å². The lowest BCUT2D eigenvalue weighted by molar-refractivity contribution is 0.102. The van der Waals surface area contributed by atoms with E-state index in [0.717, 1.165) is 39.4 Å². The number of hydrogen-bond acceptors (Lipinski definition) is 3. The first-order chi connectivity index (χ1) is 14.4. The number of para-hydroxylation sites is 1. The molecule has 30 heavy (non-hydrogen) atoms. The van der Waals surface area contributed by atoms with Crippen LogP contribution in [0.2, 0.25) is 0 Å². The number of amides is 1. The van der Waals surface area contributed by atoms with Crippen LogP contribution in [0.4, 0.5) is 5.69 Å². The molecule has 0 fully saturated rings. The highest BCUT2D eigenvalue weighted by molar-refractivity contribution is 6.04. The SMILES string of the molecule is CCOc1ccc(C(=O)Nc2ccccc2C)cc1COc1cc(C)cc(C)c1C. The summed E-state index contributed by atoms with van der Waals surface area (Å²) in [5.74, 6) is 1.42. The Labute approximate surface area is 178 Å². The molecule has 0 aliphatic heterocycles. The predicted molar refractivity (Wildman–Crippen MR) is 122 cm³/mol. The number of nitrogens with one attached hydrogen (secondary N) is 1. The van der Waals surface area contributed by atoms with E-state index in [1.165, 1.54) is 5.56 Å². The largest absolute Gasteiger partial charge is 0.493 e. The van der Waals surface area contributed by atoms with Gasteiger partial charge < -0.3 is 14.8 Å². The second-order valence-corrected chi connectivity index (χ2v) is 7.52. The summed E-state index contributed by atoms with van der Waals surface area (Å²) >= 11 is 0. The van der Waals surface area contributed by atoms with Crippen molar-refractivity contribution in [3.8, 4) is 11.5 Å². The average Bonchev–Trinajstić information content (AvgIpc) is 2.72. The molecule has 0 bridgehead atoms. The summed E-state index contributed by atoms with van der Waals surface area (Å²) in [6.45, 7) is 11.0. The molecule has 0 aliphatic rings. The van der Waals surface area contributed by atoms with E-state index in [1.807, 2.05) is 56.3 Å². The molecule has 1 N–H and O–H groups in total. The van der Waals surface area contributed by atoms with Crippen molar-refractivity contribution in [2.75, 3.05) is 11.9 Å². The monoisotopic (exact) mass is 403 g/mol. The number of benzene rings is 3. The van der Waals surface area contributed by atoms with Crippen LogP contribution in [0.1, 0.15) is 45.1 Å². The molecule has 0 unspecified atom stereocenters. The van der Waals surface area contributed by atoms with Gasteiger partial charge in [-0.15, -0.1) is 0 Å². The van der Waals surface area contributed by atoms with Crippen molar-refractivity contribution < 1.29 is 14.3 Å². The zero-order valence-electron chi connectivity index (χ0n) is 18.3. The van der Waals surface area contributed by atoms with Crippen LogP contribution in [0.25, 0.3) is 0 Å². The van der Waals surface area contributed by atoms with Gasteiger partial charge >= 0.3 is 0 Å². The number of ether oxygens (including phenoxy) is 2. The summed E-state index contributed by atoms with van der Waals surface area (Å²) in [6.07, 6.45) is 0. The van der Waals surface area contributed by atoms with Crippen LogP contribution in [-0.2, 0) is 6.61 Å². The number of carbonyl (C=O) groups is 1. The van der Waals surface area contributed by atoms with Gasteiger partial charge in [0.2, 0.25) is 0 Å². The molecule has 3 rings (SSSR count). The van der Waals surface area contributed by atoms with Crippen LogP contribution < -0.4 is 14.8 Å². The Hall–Kier alpha value is -3.27. The van der Waals surface area contributed by atoms with Crippen LogP contribution in [0.15, 0.2) is 54.6 Å². The highest BCUT2D eigenvalue weighted by Gasteiger charge is 2.13. The molecule has 0 saturated heterocycles. The highest BCUT2D eigenvalue weighted by Crippen LogP contribution is 2.27. The van der Waals surface area contributed by atoms with Crippen molar-refractivity contribution in [2.24, 2.45) is 0 Å². The van der Waals surface area contributed by atoms with Gasteiger partial charge in [0.25, 0.3) is 5.91 Å². The minimum atomic E-state index is -0.156. The predicted octanol–water partition coefficient (Wildman–Crippen LogP) is 6.15. The molecule has 0 radical (unpaired) electrons. The molecule has 0 atom stereocenters. The van der Waals surface area contributed by atoms with E-state index >= 15 is 0 Å². The average molecular weight is 404 g/mol.